The molecule has 5 heteroatoms. The minimum Gasteiger partial charge on any atom is -0.493 e. The molecule has 0 radical (unpaired) electrons. The Bertz CT molecular complexity index is 823. The Labute approximate surface area is 172 Å². The van der Waals surface area contributed by atoms with Crippen LogP contribution in [-0.2, 0) is 4.74 Å². The van der Waals surface area contributed by atoms with Crippen molar-refractivity contribution in [1.82, 2.24) is 0 Å². The van der Waals surface area contributed by atoms with Crippen LogP contribution < -0.4 is 14.4 Å². The highest BCUT2D eigenvalue weighted by molar-refractivity contribution is 6.07. The number of ketones is 1. The molecule has 0 aliphatic carbocycles. The van der Waals surface area contributed by atoms with Gasteiger partial charge in [-0.25, -0.2) is 0 Å². The molecule has 0 saturated carbocycles. The number of methoxy groups -OCH3 is 2. The molecule has 29 heavy (non-hydrogen) atoms. The first kappa shape index (κ1) is 20.9. The zero-order chi connectivity index (χ0) is 20.5. The van der Waals surface area contributed by atoms with Gasteiger partial charge in [-0.2, -0.15) is 0 Å². The second-order valence-corrected chi connectivity index (χ2v) is 7.04. The summed E-state index contributed by atoms with van der Waals surface area (Å²) in [5.74, 6) is 1.05. The molecule has 5 nitrogen and oxygen atoms in total. The number of anilines is 1. The molecular formula is C24H29NO4. The second kappa shape index (κ2) is 10.7. The predicted molar refractivity (Wildman–Crippen MR) is 116 cm³/mol. The topological polar surface area (TPSA) is 48.0 Å². The van der Waals surface area contributed by atoms with Gasteiger partial charge in [0.15, 0.2) is 17.3 Å². The van der Waals surface area contributed by atoms with Gasteiger partial charge in [-0.1, -0.05) is 18.2 Å². The first-order valence-electron chi connectivity index (χ1n) is 10.1. The van der Waals surface area contributed by atoms with E-state index >= 15 is 0 Å². The van der Waals surface area contributed by atoms with Gasteiger partial charge in [0.05, 0.1) is 13.7 Å². The molecule has 0 unspecified atom stereocenters. The van der Waals surface area contributed by atoms with Crippen molar-refractivity contribution in [2.75, 3.05) is 45.4 Å². The van der Waals surface area contributed by atoms with Gasteiger partial charge in [0.25, 0.3) is 0 Å². The zero-order valence-electron chi connectivity index (χ0n) is 17.2. The van der Waals surface area contributed by atoms with Gasteiger partial charge in [-0.05, 0) is 61.2 Å². The number of hydrogen-bond donors (Lipinski definition) is 0. The number of benzene rings is 2. The summed E-state index contributed by atoms with van der Waals surface area (Å²) in [7, 11) is 3.18. The summed E-state index contributed by atoms with van der Waals surface area (Å²) in [6.07, 6.45) is 7.28. The largest absolute Gasteiger partial charge is 0.493 e. The maximum atomic E-state index is 12.6. The van der Waals surface area contributed by atoms with Gasteiger partial charge in [-0.3, -0.25) is 4.79 Å². The number of hydrogen-bond acceptors (Lipinski definition) is 5. The summed E-state index contributed by atoms with van der Waals surface area (Å²) in [6, 6.07) is 13.6. The Balaban J connectivity index is 1.63. The van der Waals surface area contributed by atoms with Gasteiger partial charge in [0.1, 0.15) is 6.61 Å². The third kappa shape index (κ3) is 5.84. The quantitative estimate of drug-likeness (QED) is 0.353. The monoisotopic (exact) mass is 395 g/mol. The third-order valence-electron chi connectivity index (χ3n) is 5.03. The number of piperidine rings is 1. The van der Waals surface area contributed by atoms with Crippen LogP contribution in [0.4, 0.5) is 5.69 Å². The van der Waals surface area contributed by atoms with E-state index in [9.17, 15) is 4.79 Å². The fraction of sp³-hybridized carbons (Fsp3) is 0.375. The molecule has 0 aromatic heterocycles. The second-order valence-electron chi connectivity index (χ2n) is 7.04. The smallest absolute Gasteiger partial charge is 0.185 e. The normalized spacial score (nSPS) is 14.2. The lowest BCUT2D eigenvalue weighted by molar-refractivity contribution is 0.104. The van der Waals surface area contributed by atoms with Crippen LogP contribution in [0, 0.1) is 0 Å². The number of nitrogens with zero attached hydrogens (tertiary/aromatic N) is 1. The van der Waals surface area contributed by atoms with E-state index < -0.39 is 0 Å². The molecule has 3 rings (SSSR count). The van der Waals surface area contributed by atoms with Crippen LogP contribution in [-0.4, -0.2) is 46.3 Å². The minimum atomic E-state index is -0.0770. The molecule has 0 atom stereocenters. The Morgan fingerprint density at radius 1 is 0.966 bits per heavy atom. The Morgan fingerprint density at radius 3 is 2.41 bits per heavy atom. The maximum absolute atomic E-state index is 12.6. The highest BCUT2D eigenvalue weighted by Crippen LogP contribution is 2.28. The Morgan fingerprint density at radius 2 is 1.72 bits per heavy atom. The first-order valence-corrected chi connectivity index (χ1v) is 10.1. The van der Waals surface area contributed by atoms with Crippen molar-refractivity contribution in [3.8, 4) is 11.5 Å². The fourth-order valence-electron chi connectivity index (χ4n) is 3.39. The molecule has 1 aliphatic heterocycles. The van der Waals surface area contributed by atoms with Crippen LogP contribution in [0.25, 0.3) is 6.08 Å². The fourth-order valence-corrected chi connectivity index (χ4v) is 3.39. The highest BCUT2D eigenvalue weighted by Gasteiger charge is 2.11. The summed E-state index contributed by atoms with van der Waals surface area (Å²) < 4.78 is 15.9. The van der Waals surface area contributed by atoms with E-state index in [-0.39, 0.29) is 5.78 Å². The predicted octanol–water partition coefficient (Wildman–Crippen LogP) is 4.61. The SMILES string of the molecule is COCCOc1ccc(C(=O)C=Cc2ccc(N3CCCCC3)cc2)cc1OC. The first-order chi connectivity index (χ1) is 14.2. The number of rotatable bonds is 9. The summed E-state index contributed by atoms with van der Waals surface area (Å²) in [6.45, 7) is 3.16. The maximum Gasteiger partial charge on any atom is 0.185 e. The van der Waals surface area contributed by atoms with Crippen molar-refractivity contribution in [2.45, 2.75) is 19.3 Å². The third-order valence-corrected chi connectivity index (χ3v) is 5.03. The molecule has 1 heterocycles. The van der Waals surface area contributed by atoms with Crippen LogP contribution in [0.2, 0.25) is 0 Å². The number of allylic oxidation sites excluding steroid dienone is 1. The summed E-state index contributed by atoms with van der Waals surface area (Å²) in [5.41, 5.74) is 2.81. The van der Waals surface area contributed by atoms with Crippen molar-refractivity contribution in [1.29, 1.82) is 0 Å². The molecule has 1 saturated heterocycles. The average Bonchev–Trinajstić information content (AvgIpc) is 2.78. The number of ether oxygens (including phenoxy) is 3. The van der Waals surface area contributed by atoms with E-state index in [4.69, 9.17) is 14.2 Å². The lowest BCUT2D eigenvalue weighted by Gasteiger charge is -2.28. The van der Waals surface area contributed by atoms with E-state index in [1.807, 2.05) is 6.08 Å². The van der Waals surface area contributed by atoms with E-state index in [0.29, 0.717) is 30.3 Å². The molecule has 0 spiro atoms. The Hall–Kier alpha value is -2.79. The molecule has 154 valence electrons. The van der Waals surface area contributed by atoms with Crippen LogP contribution >= 0.6 is 0 Å². The molecule has 2 aromatic carbocycles. The van der Waals surface area contributed by atoms with Gasteiger partial charge < -0.3 is 19.1 Å². The molecule has 1 fully saturated rings. The molecule has 0 N–H and O–H groups in total. The number of carbonyl (C=O) groups excluding carboxylic acids is 1. The van der Waals surface area contributed by atoms with Gasteiger partial charge >= 0.3 is 0 Å². The molecule has 2 aromatic rings. The highest BCUT2D eigenvalue weighted by atomic mass is 16.5. The summed E-state index contributed by atoms with van der Waals surface area (Å²) in [5, 5.41) is 0. The zero-order valence-corrected chi connectivity index (χ0v) is 17.2. The lowest BCUT2D eigenvalue weighted by atomic mass is 10.1. The van der Waals surface area contributed by atoms with Crippen LogP contribution in [0.5, 0.6) is 11.5 Å². The van der Waals surface area contributed by atoms with Crippen molar-refractivity contribution in [3.05, 3.63) is 59.7 Å². The van der Waals surface area contributed by atoms with Crippen molar-refractivity contribution in [2.24, 2.45) is 0 Å². The van der Waals surface area contributed by atoms with Crippen LogP contribution in [0.15, 0.2) is 48.5 Å². The molecule has 0 amide bonds. The summed E-state index contributed by atoms with van der Waals surface area (Å²) >= 11 is 0. The average molecular weight is 395 g/mol. The van der Waals surface area contributed by atoms with Crippen molar-refractivity contribution < 1.29 is 19.0 Å². The van der Waals surface area contributed by atoms with E-state index in [2.05, 4.69) is 29.2 Å². The van der Waals surface area contributed by atoms with Crippen LogP contribution in [0.1, 0.15) is 35.2 Å². The lowest BCUT2D eigenvalue weighted by Crippen LogP contribution is -2.29. The van der Waals surface area contributed by atoms with Gasteiger partial charge in [-0.15, -0.1) is 0 Å². The van der Waals surface area contributed by atoms with Crippen molar-refractivity contribution >= 4 is 17.5 Å². The minimum absolute atomic E-state index is 0.0770. The van der Waals surface area contributed by atoms with Crippen LogP contribution in [0.3, 0.4) is 0 Å². The molecule has 0 bridgehead atoms. The van der Waals surface area contributed by atoms with E-state index in [0.717, 1.165) is 18.7 Å². The van der Waals surface area contributed by atoms with E-state index in [1.54, 1.807) is 38.5 Å². The standard InChI is InChI=1S/C24H29NO4/c1-27-16-17-29-23-13-9-20(18-24(23)28-2)22(26)12-8-19-6-10-21(11-7-19)25-14-4-3-5-15-25/h6-13,18H,3-5,14-17H2,1-2H3. The Kier molecular flexibility index (Phi) is 7.70. The number of carbonyl (C=O) groups is 1. The molecule has 1 aliphatic rings. The van der Waals surface area contributed by atoms with Gasteiger partial charge in [0.2, 0.25) is 0 Å². The van der Waals surface area contributed by atoms with Gasteiger partial charge in [0, 0.05) is 31.5 Å². The molecular weight excluding hydrogens is 366 g/mol. The van der Waals surface area contributed by atoms with E-state index in [1.165, 1.54) is 24.9 Å². The summed E-state index contributed by atoms with van der Waals surface area (Å²) in [4.78, 5) is 15.0. The van der Waals surface area contributed by atoms with Crippen molar-refractivity contribution in [3.63, 3.8) is 0 Å².